The molecular formula is C17H14N2S2. The number of para-hydroxylation sites is 1. The van der Waals surface area contributed by atoms with Gasteiger partial charge in [-0.2, -0.15) is 0 Å². The molecule has 3 aromatic heterocycles. The molecule has 0 aliphatic carbocycles. The average molecular weight is 310 g/mol. The summed E-state index contributed by atoms with van der Waals surface area (Å²) in [6, 6.07) is 15.2. The zero-order valence-corrected chi connectivity index (χ0v) is 13.2. The zero-order valence-electron chi connectivity index (χ0n) is 11.5. The van der Waals surface area contributed by atoms with Crippen LogP contribution >= 0.6 is 22.7 Å². The molecule has 0 radical (unpaired) electrons. The fraction of sp³-hybridized carbons (Fsp3) is 0.118. The molecule has 1 N–H and O–H groups in total. The molecule has 4 aromatic rings. The standard InChI is InChI=1S/C17H14N2S2/c1-18-17(16-9-15-14(21-16)6-7-20-15)12-8-11-4-2-3-5-13(11)19-10-12/h2-10,17-18H,1H3. The Labute approximate surface area is 131 Å². The molecule has 0 saturated heterocycles. The maximum Gasteiger partial charge on any atom is 0.0702 e. The van der Waals surface area contributed by atoms with E-state index >= 15 is 0 Å². The van der Waals surface area contributed by atoms with E-state index in [1.807, 2.05) is 30.6 Å². The predicted octanol–water partition coefficient (Wildman–Crippen LogP) is 4.82. The second kappa shape index (κ2) is 5.22. The van der Waals surface area contributed by atoms with Crippen LogP contribution in [0.3, 0.4) is 0 Å². The van der Waals surface area contributed by atoms with Crippen molar-refractivity contribution in [1.29, 1.82) is 0 Å². The molecule has 0 aliphatic rings. The van der Waals surface area contributed by atoms with E-state index in [1.54, 1.807) is 11.3 Å². The summed E-state index contributed by atoms with van der Waals surface area (Å²) >= 11 is 3.66. The fourth-order valence-corrected chi connectivity index (χ4v) is 4.90. The highest BCUT2D eigenvalue weighted by molar-refractivity contribution is 7.27. The second-order valence-electron chi connectivity index (χ2n) is 4.98. The van der Waals surface area contributed by atoms with Crippen molar-refractivity contribution in [2.75, 3.05) is 7.05 Å². The van der Waals surface area contributed by atoms with Crippen LogP contribution in [0.2, 0.25) is 0 Å². The van der Waals surface area contributed by atoms with Crippen molar-refractivity contribution in [3.05, 3.63) is 64.5 Å². The third-order valence-corrected chi connectivity index (χ3v) is 5.83. The number of benzene rings is 1. The van der Waals surface area contributed by atoms with Crippen LogP contribution in [0.5, 0.6) is 0 Å². The topological polar surface area (TPSA) is 24.9 Å². The van der Waals surface area contributed by atoms with Gasteiger partial charge in [-0.1, -0.05) is 18.2 Å². The molecule has 0 aliphatic heterocycles. The second-order valence-corrected chi connectivity index (χ2v) is 7.04. The van der Waals surface area contributed by atoms with Gasteiger partial charge in [-0.3, -0.25) is 4.98 Å². The minimum Gasteiger partial charge on any atom is -0.309 e. The van der Waals surface area contributed by atoms with Gasteiger partial charge in [-0.25, -0.2) is 0 Å². The highest BCUT2D eigenvalue weighted by atomic mass is 32.1. The molecule has 3 heterocycles. The highest BCUT2D eigenvalue weighted by Crippen LogP contribution is 2.36. The number of pyridine rings is 1. The summed E-state index contributed by atoms with van der Waals surface area (Å²) in [6.07, 6.45) is 1.98. The molecule has 1 atom stereocenters. The van der Waals surface area contributed by atoms with Gasteiger partial charge < -0.3 is 5.32 Å². The number of nitrogens with zero attached hydrogens (tertiary/aromatic N) is 1. The summed E-state index contributed by atoms with van der Waals surface area (Å²) in [5.74, 6) is 0. The SMILES string of the molecule is CNC(c1cnc2ccccc2c1)c1cc2sccc2s1. The van der Waals surface area contributed by atoms with E-state index in [0.717, 1.165) is 5.52 Å². The number of hydrogen-bond donors (Lipinski definition) is 1. The van der Waals surface area contributed by atoms with Crippen molar-refractivity contribution < 1.29 is 0 Å². The van der Waals surface area contributed by atoms with Crippen molar-refractivity contribution >= 4 is 43.0 Å². The maximum atomic E-state index is 4.58. The monoisotopic (exact) mass is 310 g/mol. The Morgan fingerprint density at radius 1 is 1.10 bits per heavy atom. The van der Waals surface area contributed by atoms with Crippen molar-refractivity contribution in [2.45, 2.75) is 6.04 Å². The van der Waals surface area contributed by atoms with Gasteiger partial charge in [-0.15, -0.1) is 22.7 Å². The first-order valence-corrected chi connectivity index (χ1v) is 8.53. The van der Waals surface area contributed by atoms with Crippen LogP contribution in [0, 0.1) is 0 Å². The van der Waals surface area contributed by atoms with Gasteiger partial charge in [0.25, 0.3) is 0 Å². The summed E-state index contributed by atoms with van der Waals surface area (Å²) in [4.78, 5) is 5.93. The Hall–Kier alpha value is -1.75. The number of fused-ring (bicyclic) bond motifs is 2. The van der Waals surface area contributed by atoms with Gasteiger partial charge in [0.15, 0.2) is 0 Å². The Morgan fingerprint density at radius 3 is 2.86 bits per heavy atom. The van der Waals surface area contributed by atoms with Gasteiger partial charge in [-0.05, 0) is 42.3 Å². The number of thiophene rings is 2. The quantitative estimate of drug-likeness (QED) is 0.587. The summed E-state index contributed by atoms with van der Waals surface area (Å²) in [5, 5.41) is 6.76. The summed E-state index contributed by atoms with van der Waals surface area (Å²) in [6.45, 7) is 0. The maximum absolute atomic E-state index is 4.58. The molecule has 1 unspecified atom stereocenters. The fourth-order valence-electron chi connectivity index (χ4n) is 2.65. The van der Waals surface area contributed by atoms with Crippen LogP contribution < -0.4 is 5.32 Å². The third-order valence-electron chi connectivity index (χ3n) is 3.68. The minimum atomic E-state index is 0.201. The summed E-state index contributed by atoms with van der Waals surface area (Å²) in [5.41, 5.74) is 2.26. The first kappa shape index (κ1) is 13.0. The first-order valence-electron chi connectivity index (χ1n) is 6.84. The molecule has 104 valence electrons. The molecule has 4 heteroatoms. The molecular weight excluding hydrogens is 296 g/mol. The zero-order chi connectivity index (χ0) is 14.2. The van der Waals surface area contributed by atoms with Gasteiger partial charge in [0, 0.05) is 25.9 Å². The summed E-state index contributed by atoms with van der Waals surface area (Å²) in [7, 11) is 2.01. The van der Waals surface area contributed by atoms with Crippen LogP contribution in [0.25, 0.3) is 20.3 Å². The van der Waals surface area contributed by atoms with Crippen molar-refractivity contribution in [3.63, 3.8) is 0 Å². The third kappa shape index (κ3) is 2.25. The Morgan fingerprint density at radius 2 is 2.00 bits per heavy atom. The van der Waals surface area contributed by atoms with E-state index in [0.29, 0.717) is 0 Å². The predicted molar refractivity (Wildman–Crippen MR) is 92.3 cm³/mol. The lowest BCUT2D eigenvalue weighted by Crippen LogP contribution is -2.16. The molecule has 0 amide bonds. The molecule has 0 saturated carbocycles. The van der Waals surface area contributed by atoms with Crippen LogP contribution in [0.1, 0.15) is 16.5 Å². The van der Waals surface area contributed by atoms with Crippen LogP contribution in [-0.2, 0) is 0 Å². The van der Waals surface area contributed by atoms with Crippen molar-refractivity contribution in [1.82, 2.24) is 10.3 Å². The highest BCUT2D eigenvalue weighted by Gasteiger charge is 2.16. The largest absolute Gasteiger partial charge is 0.309 e. The van der Waals surface area contributed by atoms with Crippen LogP contribution in [0.15, 0.2) is 54.0 Å². The minimum absolute atomic E-state index is 0.201. The van der Waals surface area contributed by atoms with Crippen LogP contribution in [0.4, 0.5) is 0 Å². The number of hydrogen-bond acceptors (Lipinski definition) is 4. The molecule has 21 heavy (non-hydrogen) atoms. The average Bonchev–Trinajstić information content (AvgIpc) is 3.09. The van der Waals surface area contributed by atoms with E-state index in [1.165, 1.54) is 25.2 Å². The Bertz CT molecular complexity index is 879. The molecule has 2 nitrogen and oxygen atoms in total. The van der Waals surface area contributed by atoms with E-state index in [-0.39, 0.29) is 6.04 Å². The van der Waals surface area contributed by atoms with E-state index in [4.69, 9.17) is 0 Å². The van der Waals surface area contributed by atoms with Crippen molar-refractivity contribution in [2.24, 2.45) is 0 Å². The van der Waals surface area contributed by atoms with E-state index in [9.17, 15) is 0 Å². The first-order chi connectivity index (χ1) is 10.3. The van der Waals surface area contributed by atoms with Crippen LogP contribution in [-0.4, -0.2) is 12.0 Å². The van der Waals surface area contributed by atoms with Crippen molar-refractivity contribution in [3.8, 4) is 0 Å². The Kier molecular flexibility index (Phi) is 3.22. The van der Waals surface area contributed by atoms with Gasteiger partial charge in [0.05, 0.1) is 11.6 Å². The van der Waals surface area contributed by atoms with E-state index in [2.05, 4.69) is 52.1 Å². The molecule has 4 rings (SSSR count). The molecule has 0 spiro atoms. The number of nitrogens with one attached hydrogen (secondary N) is 1. The lowest BCUT2D eigenvalue weighted by molar-refractivity contribution is 0.702. The summed E-state index contributed by atoms with van der Waals surface area (Å²) < 4.78 is 2.73. The van der Waals surface area contributed by atoms with Gasteiger partial charge in [0.1, 0.15) is 0 Å². The van der Waals surface area contributed by atoms with Gasteiger partial charge in [0.2, 0.25) is 0 Å². The van der Waals surface area contributed by atoms with Gasteiger partial charge >= 0.3 is 0 Å². The number of rotatable bonds is 3. The lowest BCUT2D eigenvalue weighted by atomic mass is 10.1. The number of aromatic nitrogens is 1. The Balaban J connectivity index is 1.81. The normalized spacial score (nSPS) is 13.0. The molecule has 0 bridgehead atoms. The molecule has 0 fully saturated rings. The lowest BCUT2D eigenvalue weighted by Gasteiger charge is -2.15. The smallest absolute Gasteiger partial charge is 0.0702 e. The van der Waals surface area contributed by atoms with E-state index < -0.39 is 0 Å². The molecule has 1 aromatic carbocycles.